The SMILES string of the molecule is NC(=S)c1cccc(C(=O)NCC2(C3CC3)CC2)c1. The second kappa shape index (κ2) is 4.60. The van der Waals surface area contributed by atoms with Crippen LogP contribution < -0.4 is 11.1 Å². The van der Waals surface area contributed by atoms with E-state index in [9.17, 15) is 4.79 Å². The summed E-state index contributed by atoms with van der Waals surface area (Å²) in [5.41, 5.74) is 7.39. The van der Waals surface area contributed by atoms with Gasteiger partial charge in [-0.15, -0.1) is 0 Å². The predicted octanol–water partition coefficient (Wildman–Crippen LogP) is 2.24. The van der Waals surface area contributed by atoms with E-state index in [1.807, 2.05) is 12.1 Å². The third-order valence-corrected chi connectivity index (χ3v) is 4.58. The summed E-state index contributed by atoms with van der Waals surface area (Å²) in [6.45, 7) is 0.813. The van der Waals surface area contributed by atoms with E-state index in [0.717, 1.165) is 18.0 Å². The molecular weight excluding hydrogens is 256 g/mol. The number of amides is 1. The molecule has 2 fully saturated rings. The van der Waals surface area contributed by atoms with Crippen molar-refractivity contribution in [2.75, 3.05) is 6.54 Å². The Hall–Kier alpha value is -1.42. The van der Waals surface area contributed by atoms with Crippen LogP contribution in [0.15, 0.2) is 24.3 Å². The molecule has 2 saturated carbocycles. The average Bonchev–Trinajstić information content (AvgIpc) is 3.28. The van der Waals surface area contributed by atoms with Gasteiger partial charge < -0.3 is 11.1 Å². The number of thiocarbonyl (C=S) groups is 1. The van der Waals surface area contributed by atoms with Crippen LogP contribution in [0.1, 0.15) is 41.6 Å². The highest BCUT2D eigenvalue weighted by atomic mass is 32.1. The number of carbonyl (C=O) groups excluding carboxylic acids is 1. The monoisotopic (exact) mass is 274 g/mol. The number of nitrogens with two attached hydrogens (primary N) is 1. The highest BCUT2D eigenvalue weighted by Crippen LogP contribution is 2.60. The maximum absolute atomic E-state index is 12.1. The van der Waals surface area contributed by atoms with Gasteiger partial charge in [-0.05, 0) is 49.1 Å². The van der Waals surface area contributed by atoms with Gasteiger partial charge in [0.25, 0.3) is 5.91 Å². The highest BCUT2D eigenvalue weighted by Gasteiger charge is 2.53. The number of benzene rings is 1. The normalized spacial score (nSPS) is 19.8. The van der Waals surface area contributed by atoms with E-state index in [4.69, 9.17) is 18.0 Å². The third-order valence-electron chi connectivity index (χ3n) is 4.35. The molecule has 0 atom stereocenters. The van der Waals surface area contributed by atoms with Crippen LogP contribution in [-0.4, -0.2) is 17.4 Å². The summed E-state index contributed by atoms with van der Waals surface area (Å²) in [5, 5.41) is 3.07. The number of rotatable bonds is 5. The molecule has 2 aliphatic rings. The molecule has 0 aromatic heterocycles. The molecule has 1 amide bonds. The van der Waals surface area contributed by atoms with E-state index >= 15 is 0 Å². The van der Waals surface area contributed by atoms with Crippen molar-refractivity contribution >= 4 is 23.1 Å². The largest absolute Gasteiger partial charge is 0.389 e. The van der Waals surface area contributed by atoms with Crippen molar-refractivity contribution in [1.29, 1.82) is 0 Å². The summed E-state index contributed by atoms with van der Waals surface area (Å²) in [5.74, 6) is 0.834. The standard InChI is InChI=1S/C15H18N2OS/c16-13(19)10-2-1-3-11(8-10)14(18)17-9-15(6-7-15)12-4-5-12/h1-3,8,12H,4-7,9H2,(H2,16,19)(H,17,18). The summed E-state index contributed by atoms with van der Waals surface area (Å²) in [4.78, 5) is 12.5. The van der Waals surface area contributed by atoms with Gasteiger partial charge in [0.2, 0.25) is 0 Å². The molecule has 100 valence electrons. The number of hydrogen-bond acceptors (Lipinski definition) is 2. The minimum Gasteiger partial charge on any atom is -0.389 e. The van der Waals surface area contributed by atoms with Crippen LogP contribution in [0.5, 0.6) is 0 Å². The Labute approximate surface area is 118 Å². The quantitative estimate of drug-likeness (QED) is 0.810. The van der Waals surface area contributed by atoms with Crippen molar-refractivity contribution in [2.24, 2.45) is 17.1 Å². The lowest BCUT2D eigenvalue weighted by molar-refractivity contribution is 0.0942. The Morgan fingerprint density at radius 1 is 1.37 bits per heavy atom. The molecule has 19 heavy (non-hydrogen) atoms. The summed E-state index contributed by atoms with van der Waals surface area (Å²) >= 11 is 4.93. The van der Waals surface area contributed by atoms with Crippen molar-refractivity contribution < 1.29 is 4.79 Å². The predicted molar refractivity (Wildman–Crippen MR) is 79.1 cm³/mol. The molecule has 0 heterocycles. The molecule has 0 saturated heterocycles. The number of nitrogens with one attached hydrogen (secondary N) is 1. The molecule has 3 rings (SSSR count). The Morgan fingerprint density at radius 2 is 2.05 bits per heavy atom. The van der Waals surface area contributed by atoms with Crippen LogP contribution in [0.3, 0.4) is 0 Å². The fraction of sp³-hybridized carbons (Fsp3) is 0.467. The average molecular weight is 274 g/mol. The summed E-state index contributed by atoms with van der Waals surface area (Å²) in [6.07, 6.45) is 5.22. The first-order valence-electron chi connectivity index (χ1n) is 6.79. The van der Waals surface area contributed by atoms with E-state index in [0.29, 0.717) is 16.0 Å². The van der Waals surface area contributed by atoms with E-state index < -0.39 is 0 Å². The molecule has 3 N–H and O–H groups in total. The second-order valence-electron chi connectivity index (χ2n) is 5.76. The molecular formula is C15H18N2OS. The minimum atomic E-state index is -0.0231. The molecule has 1 aromatic carbocycles. The van der Waals surface area contributed by atoms with E-state index in [1.54, 1.807) is 12.1 Å². The zero-order valence-electron chi connectivity index (χ0n) is 10.8. The van der Waals surface area contributed by atoms with Crippen molar-refractivity contribution in [2.45, 2.75) is 25.7 Å². The first-order chi connectivity index (χ1) is 9.11. The molecule has 0 radical (unpaired) electrons. The lowest BCUT2D eigenvalue weighted by atomic mass is 10.0. The lowest BCUT2D eigenvalue weighted by Crippen LogP contribution is -2.31. The molecule has 0 unspecified atom stereocenters. The Kier molecular flexibility index (Phi) is 3.05. The van der Waals surface area contributed by atoms with Gasteiger partial charge in [0, 0.05) is 17.7 Å². The van der Waals surface area contributed by atoms with Crippen molar-refractivity contribution in [3.8, 4) is 0 Å². The van der Waals surface area contributed by atoms with Gasteiger partial charge in [0.15, 0.2) is 0 Å². The summed E-state index contributed by atoms with van der Waals surface area (Å²) < 4.78 is 0. The highest BCUT2D eigenvalue weighted by molar-refractivity contribution is 7.80. The first-order valence-corrected chi connectivity index (χ1v) is 7.20. The van der Waals surface area contributed by atoms with Crippen LogP contribution in [0.25, 0.3) is 0 Å². The van der Waals surface area contributed by atoms with Crippen LogP contribution >= 0.6 is 12.2 Å². The molecule has 0 aliphatic heterocycles. The van der Waals surface area contributed by atoms with Gasteiger partial charge in [0.05, 0.1) is 0 Å². The van der Waals surface area contributed by atoms with Crippen LogP contribution in [-0.2, 0) is 0 Å². The Morgan fingerprint density at radius 3 is 2.63 bits per heavy atom. The molecule has 0 bridgehead atoms. The Balaban J connectivity index is 1.63. The lowest BCUT2D eigenvalue weighted by Gasteiger charge is -2.15. The zero-order chi connectivity index (χ0) is 13.5. The van der Waals surface area contributed by atoms with Crippen molar-refractivity contribution in [3.05, 3.63) is 35.4 Å². The van der Waals surface area contributed by atoms with Crippen LogP contribution in [0.4, 0.5) is 0 Å². The van der Waals surface area contributed by atoms with Gasteiger partial charge in [-0.1, -0.05) is 24.4 Å². The van der Waals surface area contributed by atoms with Gasteiger partial charge in [0.1, 0.15) is 4.99 Å². The summed E-state index contributed by atoms with van der Waals surface area (Å²) in [7, 11) is 0. The van der Waals surface area contributed by atoms with Crippen molar-refractivity contribution in [1.82, 2.24) is 5.32 Å². The van der Waals surface area contributed by atoms with Gasteiger partial charge in [-0.2, -0.15) is 0 Å². The van der Waals surface area contributed by atoms with Crippen LogP contribution in [0.2, 0.25) is 0 Å². The summed E-state index contributed by atoms with van der Waals surface area (Å²) in [6, 6.07) is 7.20. The minimum absolute atomic E-state index is 0.0231. The zero-order valence-corrected chi connectivity index (χ0v) is 11.6. The number of hydrogen-bond donors (Lipinski definition) is 2. The maximum atomic E-state index is 12.1. The maximum Gasteiger partial charge on any atom is 0.251 e. The van der Waals surface area contributed by atoms with E-state index in [-0.39, 0.29) is 5.91 Å². The third kappa shape index (κ3) is 2.63. The van der Waals surface area contributed by atoms with Gasteiger partial charge >= 0.3 is 0 Å². The fourth-order valence-electron chi connectivity index (χ4n) is 2.76. The number of carbonyl (C=O) groups is 1. The molecule has 2 aliphatic carbocycles. The van der Waals surface area contributed by atoms with Crippen LogP contribution in [0, 0.1) is 11.3 Å². The first kappa shape index (κ1) is 12.6. The molecule has 4 heteroatoms. The topological polar surface area (TPSA) is 55.1 Å². The molecule has 1 aromatic rings. The second-order valence-corrected chi connectivity index (χ2v) is 6.20. The molecule has 0 spiro atoms. The van der Waals surface area contributed by atoms with Crippen molar-refractivity contribution in [3.63, 3.8) is 0 Å². The van der Waals surface area contributed by atoms with E-state index in [1.165, 1.54) is 25.7 Å². The molecule has 3 nitrogen and oxygen atoms in total. The smallest absolute Gasteiger partial charge is 0.251 e. The van der Waals surface area contributed by atoms with E-state index in [2.05, 4.69) is 5.32 Å². The van der Waals surface area contributed by atoms with Gasteiger partial charge in [-0.25, -0.2) is 0 Å². The fourth-order valence-corrected chi connectivity index (χ4v) is 2.88. The Bertz CT molecular complexity index is 533. The van der Waals surface area contributed by atoms with Gasteiger partial charge in [-0.3, -0.25) is 4.79 Å².